The van der Waals surface area contributed by atoms with E-state index in [0.717, 1.165) is 12.1 Å². The van der Waals surface area contributed by atoms with Gasteiger partial charge in [0.25, 0.3) is 0 Å². The Morgan fingerprint density at radius 3 is 2.68 bits per heavy atom. The van der Waals surface area contributed by atoms with Crippen molar-refractivity contribution in [3.8, 4) is 0 Å². The van der Waals surface area contributed by atoms with Gasteiger partial charge in [-0.1, -0.05) is 19.9 Å². The lowest BCUT2D eigenvalue weighted by molar-refractivity contribution is -0.131. The molecule has 0 unspecified atom stereocenters. The minimum atomic E-state index is 0.141. The zero-order chi connectivity index (χ0) is 14.3. The molecule has 0 fully saturated rings. The summed E-state index contributed by atoms with van der Waals surface area (Å²) in [6, 6.07) is 5.73. The van der Waals surface area contributed by atoms with Crippen molar-refractivity contribution in [2.75, 3.05) is 13.6 Å². The van der Waals surface area contributed by atoms with E-state index in [9.17, 15) is 4.79 Å². The van der Waals surface area contributed by atoms with Crippen molar-refractivity contribution in [2.24, 2.45) is 17.6 Å². The molecule has 0 bridgehead atoms. The molecule has 1 heterocycles. The maximum Gasteiger partial charge on any atom is 0.222 e. The second-order valence-electron chi connectivity index (χ2n) is 5.51. The third-order valence-electron chi connectivity index (χ3n) is 3.15. The van der Waals surface area contributed by atoms with Crippen LogP contribution in [0.3, 0.4) is 0 Å². The number of carbonyl (C=O) groups excluding carboxylic acids is 1. The van der Waals surface area contributed by atoms with Gasteiger partial charge in [-0.15, -0.1) is 0 Å². The topological polar surface area (TPSA) is 59.2 Å². The van der Waals surface area contributed by atoms with Gasteiger partial charge in [0, 0.05) is 19.7 Å². The van der Waals surface area contributed by atoms with Crippen LogP contribution in [0.1, 0.15) is 32.4 Å². The van der Waals surface area contributed by atoms with Crippen LogP contribution in [0.2, 0.25) is 0 Å². The maximum atomic E-state index is 12.1. The number of rotatable bonds is 7. The zero-order valence-electron chi connectivity index (χ0n) is 12.2. The molecule has 1 aromatic heterocycles. The molecule has 0 saturated heterocycles. The van der Waals surface area contributed by atoms with Crippen LogP contribution >= 0.6 is 0 Å². The first-order valence-corrected chi connectivity index (χ1v) is 6.86. The minimum Gasteiger partial charge on any atom is -0.340 e. The summed E-state index contributed by atoms with van der Waals surface area (Å²) >= 11 is 0. The van der Waals surface area contributed by atoms with Gasteiger partial charge in [0.2, 0.25) is 5.91 Å². The van der Waals surface area contributed by atoms with Gasteiger partial charge in [0.15, 0.2) is 0 Å². The molecular weight excluding hydrogens is 238 g/mol. The second-order valence-corrected chi connectivity index (χ2v) is 5.51. The summed E-state index contributed by atoms with van der Waals surface area (Å²) in [5.74, 6) is 0.989. The molecule has 0 spiro atoms. The lowest BCUT2D eigenvalue weighted by atomic mass is 9.94. The lowest BCUT2D eigenvalue weighted by Gasteiger charge is -2.21. The molecule has 0 aliphatic heterocycles. The van der Waals surface area contributed by atoms with Crippen LogP contribution in [0.5, 0.6) is 0 Å². The summed E-state index contributed by atoms with van der Waals surface area (Å²) in [6.07, 6.45) is 3.27. The Kier molecular flexibility index (Phi) is 6.50. The van der Waals surface area contributed by atoms with Crippen LogP contribution < -0.4 is 5.73 Å². The molecule has 1 atom stereocenters. The highest BCUT2D eigenvalue weighted by molar-refractivity contribution is 5.76. The fourth-order valence-electron chi connectivity index (χ4n) is 2.16. The third kappa shape index (κ3) is 5.83. The predicted octanol–water partition coefficient (Wildman–Crippen LogP) is 2.05. The van der Waals surface area contributed by atoms with Crippen molar-refractivity contribution in [3.63, 3.8) is 0 Å². The summed E-state index contributed by atoms with van der Waals surface area (Å²) in [5.41, 5.74) is 6.65. The number of pyridine rings is 1. The molecule has 4 heteroatoms. The van der Waals surface area contributed by atoms with E-state index in [2.05, 4.69) is 18.8 Å². The third-order valence-corrected chi connectivity index (χ3v) is 3.15. The second kappa shape index (κ2) is 7.89. The van der Waals surface area contributed by atoms with Crippen molar-refractivity contribution < 1.29 is 4.79 Å². The number of carbonyl (C=O) groups is 1. The molecule has 1 rings (SSSR count). The van der Waals surface area contributed by atoms with Crippen molar-refractivity contribution in [2.45, 2.75) is 33.2 Å². The van der Waals surface area contributed by atoms with Gasteiger partial charge in [-0.3, -0.25) is 9.78 Å². The molecule has 0 aliphatic carbocycles. The molecule has 2 N–H and O–H groups in total. The van der Waals surface area contributed by atoms with E-state index in [1.165, 1.54) is 0 Å². The van der Waals surface area contributed by atoms with E-state index < -0.39 is 0 Å². The summed E-state index contributed by atoms with van der Waals surface area (Å²) in [7, 11) is 1.82. The van der Waals surface area contributed by atoms with Crippen molar-refractivity contribution >= 4 is 5.91 Å². The molecule has 106 valence electrons. The average molecular weight is 263 g/mol. The van der Waals surface area contributed by atoms with E-state index in [1.807, 2.05) is 25.2 Å². The normalized spacial score (nSPS) is 12.5. The molecule has 19 heavy (non-hydrogen) atoms. The van der Waals surface area contributed by atoms with Crippen LogP contribution in [0.15, 0.2) is 24.4 Å². The Hall–Kier alpha value is -1.42. The first-order chi connectivity index (χ1) is 9.02. The van der Waals surface area contributed by atoms with Gasteiger partial charge in [-0.05, 0) is 36.9 Å². The Morgan fingerprint density at radius 2 is 2.16 bits per heavy atom. The van der Waals surface area contributed by atoms with Crippen LogP contribution in [0.25, 0.3) is 0 Å². The van der Waals surface area contributed by atoms with Gasteiger partial charge in [-0.25, -0.2) is 0 Å². The smallest absolute Gasteiger partial charge is 0.222 e. The van der Waals surface area contributed by atoms with Crippen LogP contribution in [-0.4, -0.2) is 29.4 Å². The highest BCUT2D eigenvalue weighted by Gasteiger charge is 2.17. The van der Waals surface area contributed by atoms with Crippen molar-refractivity contribution in [3.05, 3.63) is 30.1 Å². The summed E-state index contributed by atoms with van der Waals surface area (Å²) in [6.45, 7) is 5.44. The Balaban J connectivity index is 2.48. The zero-order valence-corrected chi connectivity index (χ0v) is 12.2. The number of amides is 1. The molecule has 0 aromatic carbocycles. The number of aromatic nitrogens is 1. The quantitative estimate of drug-likeness (QED) is 0.819. The van der Waals surface area contributed by atoms with E-state index >= 15 is 0 Å². The Morgan fingerprint density at radius 1 is 1.42 bits per heavy atom. The van der Waals surface area contributed by atoms with E-state index in [4.69, 9.17) is 5.73 Å². The summed E-state index contributed by atoms with van der Waals surface area (Å²) in [5, 5.41) is 0. The maximum absolute atomic E-state index is 12.1. The molecule has 0 aliphatic rings. The highest BCUT2D eigenvalue weighted by Crippen LogP contribution is 2.15. The predicted molar refractivity (Wildman–Crippen MR) is 77.3 cm³/mol. The summed E-state index contributed by atoms with van der Waals surface area (Å²) < 4.78 is 0. The van der Waals surface area contributed by atoms with Gasteiger partial charge in [0.1, 0.15) is 0 Å². The fraction of sp³-hybridized carbons (Fsp3) is 0.600. The van der Waals surface area contributed by atoms with E-state index in [0.29, 0.717) is 25.4 Å². The van der Waals surface area contributed by atoms with Crippen molar-refractivity contribution in [1.82, 2.24) is 9.88 Å². The van der Waals surface area contributed by atoms with Gasteiger partial charge in [0.05, 0.1) is 12.2 Å². The van der Waals surface area contributed by atoms with Crippen LogP contribution in [0.4, 0.5) is 0 Å². The molecule has 1 amide bonds. The van der Waals surface area contributed by atoms with Crippen LogP contribution in [-0.2, 0) is 11.3 Å². The number of nitrogens with two attached hydrogens (primary N) is 1. The standard InChI is InChI=1S/C15H25N3O/c1-12(2)8-13(10-16)9-15(19)18(3)11-14-6-4-5-7-17-14/h4-7,12-13H,8-11,16H2,1-3H3/t13-/m0/s1. The fourth-order valence-corrected chi connectivity index (χ4v) is 2.16. The molecular formula is C15H25N3O. The molecule has 1 aromatic rings. The molecule has 0 radical (unpaired) electrons. The number of hydrogen-bond donors (Lipinski definition) is 1. The van der Waals surface area contributed by atoms with Crippen LogP contribution in [0, 0.1) is 11.8 Å². The number of hydrogen-bond acceptors (Lipinski definition) is 3. The van der Waals surface area contributed by atoms with Gasteiger partial charge >= 0.3 is 0 Å². The Bertz CT molecular complexity index is 378. The first kappa shape index (κ1) is 15.6. The van der Waals surface area contributed by atoms with Gasteiger partial charge in [-0.2, -0.15) is 0 Å². The summed E-state index contributed by atoms with van der Waals surface area (Å²) in [4.78, 5) is 18.1. The van der Waals surface area contributed by atoms with Gasteiger partial charge < -0.3 is 10.6 Å². The highest BCUT2D eigenvalue weighted by atomic mass is 16.2. The number of nitrogens with zero attached hydrogens (tertiary/aromatic N) is 2. The Labute approximate surface area is 116 Å². The monoisotopic (exact) mass is 263 g/mol. The van der Waals surface area contributed by atoms with E-state index in [-0.39, 0.29) is 11.8 Å². The molecule has 0 saturated carbocycles. The van der Waals surface area contributed by atoms with E-state index in [1.54, 1.807) is 11.1 Å². The molecule has 4 nitrogen and oxygen atoms in total. The minimum absolute atomic E-state index is 0.141. The lowest BCUT2D eigenvalue weighted by Crippen LogP contribution is -2.30. The largest absolute Gasteiger partial charge is 0.340 e. The first-order valence-electron chi connectivity index (χ1n) is 6.86. The average Bonchev–Trinajstić information content (AvgIpc) is 2.38. The van der Waals surface area contributed by atoms with Crippen molar-refractivity contribution in [1.29, 1.82) is 0 Å². The SMILES string of the molecule is CC(C)C[C@H](CN)CC(=O)N(C)Cc1ccccn1.